The topological polar surface area (TPSA) is 62.7 Å². The SMILES string of the molecule is O=C(OCc1ccccc1)N1C2CCC1CC(O)(Cc1ccccn1)C2. The van der Waals surface area contributed by atoms with E-state index >= 15 is 0 Å². The minimum absolute atomic E-state index is 0.0470. The maximum Gasteiger partial charge on any atom is 0.410 e. The van der Waals surface area contributed by atoms with Gasteiger partial charge in [0.05, 0.1) is 5.60 Å². The van der Waals surface area contributed by atoms with Gasteiger partial charge in [-0.25, -0.2) is 4.79 Å². The Morgan fingerprint density at radius 3 is 2.46 bits per heavy atom. The second-order valence-electron chi connectivity index (χ2n) is 7.46. The summed E-state index contributed by atoms with van der Waals surface area (Å²) in [6.45, 7) is 0.286. The lowest BCUT2D eigenvalue weighted by Crippen LogP contribution is -2.54. The predicted molar refractivity (Wildman–Crippen MR) is 97.4 cm³/mol. The van der Waals surface area contributed by atoms with Crippen molar-refractivity contribution in [2.45, 2.75) is 56.4 Å². The zero-order valence-electron chi connectivity index (χ0n) is 14.8. The number of nitrogens with zero attached hydrogens (tertiary/aromatic N) is 2. The number of pyridine rings is 1. The molecule has 1 aromatic heterocycles. The van der Waals surface area contributed by atoms with Crippen LogP contribution in [0.3, 0.4) is 0 Å². The molecule has 2 atom stereocenters. The Labute approximate surface area is 153 Å². The normalized spacial score (nSPS) is 27.3. The summed E-state index contributed by atoms with van der Waals surface area (Å²) in [6, 6.07) is 15.6. The molecule has 5 heteroatoms. The van der Waals surface area contributed by atoms with Crippen LogP contribution in [-0.2, 0) is 17.8 Å². The van der Waals surface area contributed by atoms with Crippen LogP contribution >= 0.6 is 0 Å². The van der Waals surface area contributed by atoms with Gasteiger partial charge in [-0.2, -0.15) is 0 Å². The molecule has 136 valence electrons. The third-order valence-electron chi connectivity index (χ3n) is 5.50. The molecule has 1 aromatic carbocycles. The minimum atomic E-state index is -0.795. The van der Waals surface area contributed by atoms with E-state index in [4.69, 9.17) is 4.74 Å². The van der Waals surface area contributed by atoms with Gasteiger partial charge in [0, 0.05) is 30.4 Å². The number of carbonyl (C=O) groups excluding carboxylic acids is 1. The Morgan fingerprint density at radius 1 is 1.12 bits per heavy atom. The summed E-state index contributed by atoms with van der Waals surface area (Å²) < 4.78 is 5.53. The maximum atomic E-state index is 12.6. The van der Waals surface area contributed by atoms with Crippen LogP contribution in [-0.4, -0.2) is 38.8 Å². The fourth-order valence-corrected chi connectivity index (χ4v) is 4.40. The highest BCUT2D eigenvalue weighted by Gasteiger charge is 2.50. The first kappa shape index (κ1) is 17.0. The van der Waals surface area contributed by atoms with Crippen LogP contribution in [0.2, 0.25) is 0 Å². The highest BCUT2D eigenvalue weighted by molar-refractivity contribution is 5.69. The molecule has 0 saturated carbocycles. The number of fused-ring (bicyclic) bond motifs is 2. The van der Waals surface area contributed by atoms with Crippen LogP contribution in [0.15, 0.2) is 54.7 Å². The Balaban J connectivity index is 1.39. The van der Waals surface area contributed by atoms with E-state index in [0.29, 0.717) is 19.3 Å². The van der Waals surface area contributed by atoms with Crippen molar-refractivity contribution in [1.29, 1.82) is 0 Å². The zero-order chi connectivity index (χ0) is 18.0. The molecule has 3 heterocycles. The third-order valence-corrected chi connectivity index (χ3v) is 5.50. The predicted octanol–water partition coefficient (Wildman–Crippen LogP) is 3.32. The second-order valence-corrected chi connectivity index (χ2v) is 7.46. The standard InChI is InChI=1S/C21H24N2O3/c24-20(26-15-16-6-2-1-3-7-16)23-18-9-10-19(23)14-21(25,13-18)12-17-8-4-5-11-22-17/h1-8,11,18-19,25H,9-10,12-15H2. The molecule has 2 aliphatic heterocycles. The van der Waals surface area contributed by atoms with Crippen molar-refractivity contribution in [3.05, 3.63) is 66.0 Å². The van der Waals surface area contributed by atoms with Crippen LogP contribution in [0.25, 0.3) is 0 Å². The molecule has 2 aliphatic rings. The van der Waals surface area contributed by atoms with Crippen molar-refractivity contribution in [2.75, 3.05) is 0 Å². The number of amides is 1. The van der Waals surface area contributed by atoms with E-state index < -0.39 is 5.60 Å². The van der Waals surface area contributed by atoms with Crippen molar-refractivity contribution < 1.29 is 14.6 Å². The molecule has 0 aliphatic carbocycles. The van der Waals surface area contributed by atoms with Crippen LogP contribution < -0.4 is 0 Å². The highest BCUT2D eigenvalue weighted by atomic mass is 16.6. The molecular weight excluding hydrogens is 328 g/mol. The third kappa shape index (κ3) is 3.58. The average Bonchev–Trinajstić information content (AvgIpc) is 2.94. The quantitative estimate of drug-likeness (QED) is 0.917. The number of aliphatic hydroxyl groups is 1. The van der Waals surface area contributed by atoms with E-state index in [2.05, 4.69) is 4.98 Å². The molecule has 0 radical (unpaired) electrons. The highest BCUT2D eigenvalue weighted by Crippen LogP contribution is 2.42. The molecule has 1 N–H and O–H groups in total. The van der Waals surface area contributed by atoms with E-state index in [1.54, 1.807) is 6.20 Å². The monoisotopic (exact) mass is 352 g/mol. The summed E-state index contributed by atoms with van der Waals surface area (Å²) in [6.07, 6.45) is 5.05. The number of piperidine rings is 1. The first-order valence-electron chi connectivity index (χ1n) is 9.24. The molecule has 2 fully saturated rings. The summed E-state index contributed by atoms with van der Waals surface area (Å²) in [4.78, 5) is 18.8. The van der Waals surface area contributed by atoms with Crippen molar-refractivity contribution in [2.24, 2.45) is 0 Å². The molecule has 4 rings (SSSR count). The fourth-order valence-electron chi connectivity index (χ4n) is 4.40. The number of hydrogen-bond acceptors (Lipinski definition) is 4. The van der Waals surface area contributed by atoms with Crippen LogP contribution in [0.1, 0.15) is 36.9 Å². The van der Waals surface area contributed by atoms with Gasteiger partial charge in [0.25, 0.3) is 0 Å². The number of rotatable bonds is 4. The second kappa shape index (κ2) is 7.08. The summed E-state index contributed by atoms with van der Waals surface area (Å²) in [5.74, 6) is 0. The van der Waals surface area contributed by atoms with Gasteiger partial charge < -0.3 is 14.7 Å². The van der Waals surface area contributed by atoms with E-state index in [1.165, 1.54) is 0 Å². The Bertz CT molecular complexity index is 736. The van der Waals surface area contributed by atoms with Crippen molar-refractivity contribution in [3.63, 3.8) is 0 Å². The van der Waals surface area contributed by atoms with Crippen molar-refractivity contribution >= 4 is 6.09 Å². The van der Waals surface area contributed by atoms with E-state index in [1.807, 2.05) is 53.4 Å². The molecule has 26 heavy (non-hydrogen) atoms. The molecule has 2 aromatic rings. The Hall–Kier alpha value is -2.40. The lowest BCUT2D eigenvalue weighted by atomic mass is 9.82. The van der Waals surface area contributed by atoms with Gasteiger partial charge in [0.2, 0.25) is 0 Å². The molecule has 0 spiro atoms. The number of hydrogen-bond donors (Lipinski definition) is 1. The van der Waals surface area contributed by atoms with E-state index in [0.717, 1.165) is 24.1 Å². The van der Waals surface area contributed by atoms with Gasteiger partial charge in [-0.3, -0.25) is 4.98 Å². The van der Waals surface area contributed by atoms with Crippen LogP contribution in [0.4, 0.5) is 4.79 Å². The van der Waals surface area contributed by atoms with Crippen LogP contribution in [0, 0.1) is 0 Å². The average molecular weight is 352 g/mol. The summed E-state index contributed by atoms with van der Waals surface area (Å²) >= 11 is 0. The minimum Gasteiger partial charge on any atom is -0.445 e. The molecule has 5 nitrogen and oxygen atoms in total. The number of ether oxygens (including phenoxy) is 1. The van der Waals surface area contributed by atoms with Crippen LogP contribution in [0.5, 0.6) is 0 Å². The number of aromatic nitrogens is 1. The van der Waals surface area contributed by atoms with E-state index in [-0.39, 0.29) is 24.8 Å². The van der Waals surface area contributed by atoms with Gasteiger partial charge in [0.1, 0.15) is 6.61 Å². The molecule has 2 unspecified atom stereocenters. The van der Waals surface area contributed by atoms with E-state index in [9.17, 15) is 9.90 Å². The van der Waals surface area contributed by atoms with Crippen molar-refractivity contribution in [3.8, 4) is 0 Å². The van der Waals surface area contributed by atoms with Gasteiger partial charge in [0.15, 0.2) is 0 Å². The lowest BCUT2D eigenvalue weighted by Gasteiger charge is -2.43. The first-order valence-corrected chi connectivity index (χ1v) is 9.24. The molecule has 2 saturated heterocycles. The zero-order valence-corrected chi connectivity index (χ0v) is 14.8. The van der Waals surface area contributed by atoms with Gasteiger partial charge >= 0.3 is 6.09 Å². The maximum absolute atomic E-state index is 12.6. The summed E-state index contributed by atoms with van der Waals surface area (Å²) in [7, 11) is 0. The molecular formula is C21H24N2O3. The number of carbonyl (C=O) groups is 1. The largest absolute Gasteiger partial charge is 0.445 e. The van der Waals surface area contributed by atoms with Crippen molar-refractivity contribution in [1.82, 2.24) is 9.88 Å². The fraction of sp³-hybridized carbons (Fsp3) is 0.429. The number of benzene rings is 1. The molecule has 1 amide bonds. The lowest BCUT2D eigenvalue weighted by molar-refractivity contribution is -0.0490. The van der Waals surface area contributed by atoms with Gasteiger partial charge in [-0.1, -0.05) is 36.4 Å². The van der Waals surface area contributed by atoms with Gasteiger partial charge in [-0.05, 0) is 43.4 Å². The smallest absolute Gasteiger partial charge is 0.410 e. The molecule has 2 bridgehead atoms. The van der Waals surface area contributed by atoms with Gasteiger partial charge in [-0.15, -0.1) is 0 Å². The summed E-state index contributed by atoms with van der Waals surface area (Å²) in [5, 5.41) is 11.1. The Kier molecular flexibility index (Phi) is 4.64. The summed E-state index contributed by atoms with van der Waals surface area (Å²) in [5.41, 5.74) is 1.09. The Morgan fingerprint density at radius 2 is 1.81 bits per heavy atom. The first-order chi connectivity index (χ1) is 12.6.